The summed E-state index contributed by atoms with van der Waals surface area (Å²) in [6.07, 6.45) is 0.722. The molecule has 0 unspecified atom stereocenters. The standard InChI is InChI=1S/C9H12N2O4/c1-11(4-8(12)13)9-10-6-2-3-14-5-7(6)15-9/h2-5H2,1H3,(H,12,13). The minimum Gasteiger partial charge on any atom is -0.480 e. The van der Waals surface area contributed by atoms with Crippen molar-refractivity contribution in [2.45, 2.75) is 13.0 Å². The number of aromatic nitrogens is 1. The van der Waals surface area contributed by atoms with Crippen molar-refractivity contribution in [1.82, 2.24) is 4.98 Å². The van der Waals surface area contributed by atoms with E-state index >= 15 is 0 Å². The van der Waals surface area contributed by atoms with Crippen LogP contribution in [0.25, 0.3) is 0 Å². The second-order valence-corrected chi connectivity index (χ2v) is 3.42. The summed E-state index contributed by atoms with van der Waals surface area (Å²) < 4.78 is 10.6. The third kappa shape index (κ3) is 2.10. The molecular weight excluding hydrogens is 200 g/mol. The number of fused-ring (bicyclic) bond motifs is 1. The number of likely N-dealkylation sites (N-methyl/N-ethyl adjacent to an activating group) is 1. The Labute approximate surface area is 86.5 Å². The highest BCUT2D eigenvalue weighted by Gasteiger charge is 2.20. The fourth-order valence-corrected chi connectivity index (χ4v) is 1.45. The minimum atomic E-state index is -0.912. The second kappa shape index (κ2) is 3.90. The van der Waals surface area contributed by atoms with Crippen molar-refractivity contribution in [3.63, 3.8) is 0 Å². The first-order chi connectivity index (χ1) is 7.16. The van der Waals surface area contributed by atoms with Gasteiger partial charge in [-0.2, -0.15) is 4.98 Å². The molecule has 0 saturated heterocycles. The molecule has 0 saturated carbocycles. The Hall–Kier alpha value is -1.56. The van der Waals surface area contributed by atoms with Crippen LogP contribution in [-0.4, -0.2) is 36.3 Å². The summed E-state index contributed by atoms with van der Waals surface area (Å²) in [7, 11) is 1.63. The molecule has 0 atom stereocenters. The molecule has 2 rings (SSSR count). The normalized spacial score (nSPS) is 14.7. The maximum Gasteiger partial charge on any atom is 0.323 e. The van der Waals surface area contributed by atoms with Crippen molar-refractivity contribution in [2.24, 2.45) is 0 Å². The molecule has 6 heteroatoms. The first-order valence-electron chi connectivity index (χ1n) is 4.66. The van der Waals surface area contributed by atoms with Crippen LogP contribution in [0, 0.1) is 0 Å². The third-order valence-electron chi connectivity index (χ3n) is 2.18. The van der Waals surface area contributed by atoms with E-state index in [-0.39, 0.29) is 6.54 Å². The highest BCUT2D eigenvalue weighted by Crippen LogP contribution is 2.22. The number of ether oxygens (including phenoxy) is 1. The molecule has 2 heterocycles. The van der Waals surface area contributed by atoms with E-state index < -0.39 is 5.97 Å². The van der Waals surface area contributed by atoms with Crippen molar-refractivity contribution in [1.29, 1.82) is 0 Å². The molecule has 6 nitrogen and oxygen atoms in total. The van der Waals surface area contributed by atoms with Crippen LogP contribution in [0.3, 0.4) is 0 Å². The van der Waals surface area contributed by atoms with Crippen molar-refractivity contribution in [2.75, 3.05) is 25.1 Å². The summed E-state index contributed by atoms with van der Waals surface area (Å²) in [5.41, 5.74) is 0.869. The summed E-state index contributed by atoms with van der Waals surface area (Å²) in [6.45, 7) is 0.936. The molecule has 82 valence electrons. The molecule has 0 amide bonds. The molecule has 1 aliphatic rings. The molecule has 1 N–H and O–H groups in total. The lowest BCUT2D eigenvalue weighted by molar-refractivity contribution is -0.135. The smallest absolute Gasteiger partial charge is 0.323 e. The van der Waals surface area contributed by atoms with Gasteiger partial charge in [-0.15, -0.1) is 0 Å². The maximum atomic E-state index is 10.5. The lowest BCUT2D eigenvalue weighted by Crippen LogP contribution is -2.25. The first kappa shape index (κ1) is 9.97. The van der Waals surface area contributed by atoms with Gasteiger partial charge in [-0.05, 0) is 0 Å². The number of anilines is 1. The van der Waals surface area contributed by atoms with Crippen LogP contribution in [0.1, 0.15) is 11.5 Å². The molecule has 0 aromatic carbocycles. The van der Waals surface area contributed by atoms with Gasteiger partial charge in [0.2, 0.25) is 0 Å². The Morgan fingerprint density at radius 2 is 2.47 bits per heavy atom. The van der Waals surface area contributed by atoms with Gasteiger partial charge in [0, 0.05) is 13.5 Å². The molecule has 0 radical (unpaired) electrons. The van der Waals surface area contributed by atoms with Gasteiger partial charge in [-0.1, -0.05) is 0 Å². The quantitative estimate of drug-likeness (QED) is 0.775. The van der Waals surface area contributed by atoms with Crippen LogP contribution >= 0.6 is 0 Å². The Morgan fingerprint density at radius 3 is 3.13 bits per heavy atom. The van der Waals surface area contributed by atoms with Crippen LogP contribution in [-0.2, 0) is 22.6 Å². The number of aliphatic carboxylic acids is 1. The zero-order valence-electron chi connectivity index (χ0n) is 8.39. The van der Waals surface area contributed by atoms with Crippen LogP contribution in [0.4, 0.5) is 6.01 Å². The van der Waals surface area contributed by atoms with E-state index in [2.05, 4.69) is 4.98 Å². The van der Waals surface area contributed by atoms with Crippen molar-refractivity contribution >= 4 is 12.0 Å². The summed E-state index contributed by atoms with van der Waals surface area (Å²) in [5, 5.41) is 8.61. The van der Waals surface area contributed by atoms with E-state index in [0.29, 0.717) is 25.0 Å². The number of hydrogen-bond donors (Lipinski definition) is 1. The van der Waals surface area contributed by atoms with Gasteiger partial charge >= 0.3 is 5.97 Å². The van der Waals surface area contributed by atoms with Gasteiger partial charge in [0.15, 0.2) is 5.76 Å². The molecule has 1 aliphatic heterocycles. The Balaban J connectivity index is 2.15. The average Bonchev–Trinajstić information content (AvgIpc) is 2.59. The number of hydrogen-bond acceptors (Lipinski definition) is 5. The lowest BCUT2D eigenvalue weighted by atomic mass is 10.2. The van der Waals surface area contributed by atoms with Crippen LogP contribution in [0.2, 0.25) is 0 Å². The summed E-state index contributed by atoms with van der Waals surface area (Å²) in [4.78, 5) is 16.2. The Morgan fingerprint density at radius 1 is 1.67 bits per heavy atom. The molecule has 0 fully saturated rings. The lowest BCUT2D eigenvalue weighted by Gasteiger charge is -2.10. The molecule has 1 aromatic heterocycles. The molecular formula is C9H12N2O4. The molecule has 1 aromatic rings. The largest absolute Gasteiger partial charge is 0.480 e. The number of carboxylic acid groups (broad SMARTS) is 1. The van der Waals surface area contributed by atoms with E-state index in [1.165, 1.54) is 4.90 Å². The van der Waals surface area contributed by atoms with E-state index in [4.69, 9.17) is 14.3 Å². The number of rotatable bonds is 3. The molecule has 0 aliphatic carbocycles. The zero-order chi connectivity index (χ0) is 10.8. The number of carbonyl (C=O) groups is 1. The Bertz CT molecular complexity index is 351. The van der Waals surface area contributed by atoms with Crippen LogP contribution in [0.15, 0.2) is 4.42 Å². The predicted molar refractivity (Wildman–Crippen MR) is 50.8 cm³/mol. The first-order valence-corrected chi connectivity index (χ1v) is 4.66. The fourth-order valence-electron chi connectivity index (χ4n) is 1.45. The monoisotopic (exact) mass is 212 g/mol. The number of oxazole rings is 1. The van der Waals surface area contributed by atoms with Gasteiger partial charge in [-0.3, -0.25) is 4.79 Å². The van der Waals surface area contributed by atoms with Crippen LogP contribution < -0.4 is 4.90 Å². The van der Waals surface area contributed by atoms with Gasteiger partial charge in [0.25, 0.3) is 6.01 Å². The number of nitrogens with zero attached hydrogens (tertiary/aromatic N) is 2. The second-order valence-electron chi connectivity index (χ2n) is 3.42. The average molecular weight is 212 g/mol. The van der Waals surface area contributed by atoms with Crippen molar-refractivity contribution < 1.29 is 19.1 Å². The van der Waals surface area contributed by atoms with Gasteiger partial charge in [0.05, 0.1) is 12.3 Å². The highest BCUT2D eigenvalue weighted by atomic mass is 16.5. The van der Waals surface area contributed by atoms with Gasteiger partial charge in [-0.25, -0.2) is 0 Å². The Kier molecular flexibility index (Phi) is 2.59. The molecule has 0 bridgehead atoms. The minimum absolute atomic E-state index is 0.125. The zero-order valence-corrected chi connectivity index (χ0v) is 8.39. The molecule has 15 heavy (non-hydrogen) atoms. The van der Waals surface area contributed by atoms with E-state index in [9.17, 15) is 4.79 Å². The number of carboxylic acids is 1. The van der Waals surface area contributed by atoms with E-state index in [1.54, 1.807) is 7.05 Å². The maximum absolute atomic E-state index is 10.5. The van der Waals surface area contributed by atoms with Crippen molar-refractivity contribution in [3.8, 4) is 0 Å². The molecule has 0 spiro atoms. The fraction of sp³-hybridized carbons (Fsp3) is 0.556. The van der Waals surface area contributed by atoms with Crippen molar-refractivity contribution in [3.05, 3.63) is 11.5 Å². The van der Waals surface area contributed by atoms with Gasteiger partial charge in [0.1, 0.15) is 13.2 Å². The van der Waals surface area contributed by atoms with Gasteiger partial charge < -0.3 is 19.2 Å². The summed E-state index contributed by atoms with van der Waals surface area (Å²) in [6, 6.07) is 0.341. The third-order valence-corrected chi connectivity index (χ3v) is 2.18. The highest BCUT2D eigenvalue weighted by molar-refractivity contribution is 5.72. The van der Waals surface area contributed by atoms with E-state index in [0.717, 1.165) is 12.1 Å². The SMILES string of the molecule is CN(CC(=O)O)c1nc2c(o1)COCC2. The predicted octanol–water partition coefficient (Wildman–Crippen LogP) is 0.268. The summed E-state index contributed by atoms with van der Waals surface area (Å²) in [5.74, 6) is -0.210. The van der Waals surface area contributed by atoms with E-state index in [1.807, 2.05) is 0 Å². The van der Waals surface area contributed by atoms with Crippen LogP contribution in [0.5, 0.6) is 0 Å². The summed E-state index contributed by atoms with van der Waals surface area (Å²) >= 11 is 0. The topological polar surface area (TPSA) is 75.8 Å².